The van der Waals surface area contributed by atoms with Gasteiger partial charge in [-0.05, 0) is 62.4 Å². The standard InChI is InChI=1S/C23H26BrN3O2/c1-16-5-2-7-20(25-16)26-21(28)17-6-3-14-27(15-17)22(29)23(12-4-13-23)18-8-10-19(24)11-9-18/h2,5,7-11,17H,3-4,6,12-15H2,1H3,(H,25,26,28). The van der Waals surface area contributed by atoms with Gasteiger partial charge in [0.25, 0.3) is 0 Å². The summed E-state index contributed by atoms with van der Waals surface area (Å²) in [7, 11) is 0. The number of hydrogen-bond acceptors (Lipinski definition) is 3. The Balaban J connectivity index is 1.46. The quantitative estimate of drug-likeness (QED) is 0.740. The minimum atomic E-state index is -0.419. The number of nitrogens with one attached hydrogen (secondary N) is 1. The molecule has 2 aromatic rings. The smallest absolute Gasteiger partial charge is 0.233 e. The molecule has 1 aromatic heterocycles. The van der Waals surface area contributed by atoms with Crippen molar-refractivity contribution in [2.45, 2.75) is 44.4 Å². The zero-order valence-electron chi connectivity index (χ0n) is 16.7. The highest BCUT2D eigenvalue weighted by Gasteiger charge is 2.48. The van der Waals surface area contributed by atoms with Crippen LogP contribution in [-0.4, -0.2) is 34.8 Å². The van der Waals surface area contributed by atoms with E-state index < -0.39 is 5.41 Å². The summed E-state index contributed by atoms with van der Waals surface area (Å²) < 4.78 is 1.02. The van der Waals surface area contributed by atoms with Crippen LogP contribution >= 0.6 is 15.9 Å². The van der Waals surface area contributed by atoms with Gasteiger partial charge in [0.15, 0.2) is 0 Å². The maximum Gasteiger partial charge on any atom is 0.233 e. The maximum atomic E-state index is 13.5. The highest BCUT2D eigenvalue weighted by atomic mass is 79.9. The summed E-state index contributed by atoms with van der Waals surface area (Å²) in [6.45, 7) is 3.11. The van der Waals surface area contributed by atoms with Crippen molar-refractivity contribution in [1.82, 2.24) is 9.88 Å². The average Bonchev–Trinajstić information content (AvgIpc) is 2.68. The lowest BCUT2D eigenvalue weighted by atomic mass is 9.63. The van der Waals surface area contributed by atoms with E-state index in [1.54, 1.807) is 6.07 Å². The Morgan fingerprint density at radius 1 is 1.14 bits per heavy atom. The van der Waals surface area contributed by atoms with Gasteiger partial charge in [0.05, 0.1) is 11.3 Å². The molecule has 1 saturated carbocycles. The third-order valence-electron chi connectivity index (χ3n) is 6.23. The Kier molecular flexibility index (Phi) is 5.72. The molecule has 2 aliphatic rings. The van der Waals surface area contributed by atoms with E-state index >= 15 is 0 Å². The second-order valence-electron chi connectivity index (χ2n) is 8.19. The summed E-state index contributed by atoms with van der Waals surface area (Å²) in [5, 5.41) is 2.92. The largest absolute Gasteiger partial charge is 0.341 e. The Morgan fingerprint density at radius 3 is 2.55 bits per heavy atom. The number of likely N-dealkylation sites (tertiary alicyclic amines) is 1. The molecular weight excluding hydrogens is 430 g/mol. The van der Waals surface area contributed by atoms with E-state index in [1.165, 1.54) is 0 Å². The number of halogens is 1. The molecular formula is C23H26BrN3O2. The van der Waals surface area contributed by atoms with Gasteiger partial charge in [-0.25, -0.2) is 4.98 Å². The Bertz CT molecular complexity index is 909. The fourth-order valence-electron chi connectivity index (χ4n) is 4.44. The lowest BCUT2D eigenvalue weighted by Crippen LogP contribution is -2.54. The molecule has 1 saturated heterocycles. The molecule has 29 heavy (non-hydrogen) atoms. The summed E-state index contributed by atoms with van der Waals surface area (Å²) >= 11 is 3.48. The Morgan fingerprint density at radius 2 is 1.90 bits per heavy atom. The summed E-state index contributed by atoms with van der Waals surface area (Å²) in [4.78, 5) is 32.6. The highest BCUT2D eigenvalue weighted by molar-refractivity contribution is 9.10. The second-order valence-corrected chi connectivity index (χ2v) is 9.10. The van der Waals surface area contributed by atoms with Crippen LogP contribution in [0.3, 0.4) is 0 Å². The molecule has 2 amide bonds. The molecule has 0 bridgehead atoms. The van der Waals surface area contributed by atoms with E-state index in [0.717, 1.165) is 54.4 Å². The van der Waals surface area contributed by atoms with E-state index in [1.807, 2.05) is 36.1 Å². The van der Waals surface area contributed by atoms with E-state index in [0.29, 0.717) is 12.4 Å². The Hall–Kier alpha value is -2.21. The van der Waals surface area contributed by atoms with Crippen molar-refractivity contribution in [3.63, 3.8) is 0 Å². The molecule has 1 aromatic carbocycles. The van der Waals surface area contributed by atoms with Crippen LogP contribution in [-0.2, 0) is 15.0 Å². The molecule has 1 atom stereocenters. The first kappa shape index (κ1) is 20.1. The molecule has 1 aliphatic carbocycles. The number of piperidine rings is 1. The number of benzene rings is 1. The van der Waals surface area contributed by atoms with Gasteiger partial charge in [-0.1, -0.05) is 40.5 Å². The highest BCUT2D eigenvalue weighted by Crippen LogP contribution is 2.46. The number of aryl methyl sites for hydroxylation is 1. The number of aromatic nitrogens is 1. The van der Waals surface area contributed by atoms with Crippen molar-refractivity contribution >= 4 is 33.6 Å². The van der Waals surface area contributed by atoms with Crippen LogP contribution < -0.4 is 5.32 Å². The van der Waals surface area contributed by atoms with E-state index in [-0.39, 0.29) is 17.7 Å². The van der Waals surface area contributed by atoms with Gasteiger partial charge in [0.1, 0.15) is 5.82 Å². The van der Waals surface area contributed by atoms with E-state index in [9.17, 15) is 9.59 Å². The van der Waals surface area contributed by atoms with Gasteiger partial charge in [-0.2, -0.15) is 0 Å². The van der Waals surface area contributed by atoms with Gasteiger partial charge in [0.2, 0.25) is 11.8 Å². The van der Waals surface area contributed by atoms with Crippen LogP contribution in [0.5, 0.6) is 0 Å². The van der Waals surface area contributed by atoms with Crippen molar-refractivity contribution in [3.8, 4) is 0 Å². The van der Waals surface area contributed by atoms with Crippen molar-refractivity contribution in [2.24, 2.45) is 5.92 Å². The fourth-order valence-corrected chi connectivity index (χ4v) is 4.71. The normalized spacial score (nSPS) is 20.6. The van der Waals surface area contributed by atoms with Gasteiger partial charge < -0.3 is 10.2 Å². The molecule has 1 aliphatic heterocycles. The molecule has 6 heteroatoms. The van der Waals surface area contributed by atoms with E-state index in [4.69, 9.17) is 0 Å². The molecule has 0 radical (unpaired) electrons. The molecule has 1 N–H and O–H groups in total. The molecule has 5 nitrogen and oxygen atoms in total. The minimum Gasteiger partial charge on any atom is -0.341 e. The van der Waals surface area contributed by atoms with Crippen molar-refractivity contribution < 1.29 is 9.59 Å². The first-order valence-electron chi connectivity index (χ1n) is 10.3. The van der Waals surface area contributed by atoms with Crippen LogP contribution in [0.2, 0.25) is 0 Å². The van der Waals surface area contributed by atoms with Gasteiger partial charge in [0, 0.05) is 23.3 Å². The number of anilines is 1. The van der Waals surface area contributed by atoms with Crippen LogP contribution in [0.25, 0.3) is 0 Å². The number of amides is 2. The number of carbonyl (C=O) groups excluding carboxylic acids is 2. The summed E-state index contributed by atoms with van der Waals surface area (Å²) in [5.41, 5.74) is 1.54. The van der Waals surface area contributed by atoms with Gasteiger partial charge in [-0.15, -0.1) is 0 Å². The second kappa shape index (κ2) is 8.27. The number of pyridine rings is 1. The fraction of sp³-hybridized carbons (Fsp3) is 0.435. The number of carbonyl (C=O) groups is 2. The predicted octanol–water partition coefficient (Wildman–Crippen LogP) is 4.45. The average molecular weight is 456 g/mol. The molecule has 152 valence electrons. The SMILES string of the molecule is Cc1cccc(NC(=O)C2CCCN(C(=O)C3(c4ccc(Br)cc4)CCC3)C2)n1. The topological polar surface area (TPSA) is 62.3 Å². The zero-order chi connectivity index (χ0) is 20.4. The first-order valence-corrected chi connectivity index (χ1v) is 11.1. The number of nitrogens with zero attached hydrogens (tertiary/aromatic N) is 2. The first-order chi connectivity index (χ1) is 14.0. The number of hydrogen-bond donors (Lipinski definition) is 1. The van der Waals surface area contributed by atoms with Crippen LogP contribution in [0, 0.1) is 12.8 Å². The van der Waals surface area contributed by atoms with Crippen molar-refractivity contribution in [1.29, 1.82) is 0 Å². The summed E-state index contributed by atoms with van der Waals surface area (Å²) in [6.07, 6.45) is 4.48. The third kappa shape index (κ3) is 4.08. The van der Waals surface area contributed by atoms with E-state index in [2.05, 4.69) is 38.4 Å². The van der Waals surface area contributed by atoms with Gasteiger partial charge in [-0.3, -0.25) is 9.59 Å². The molecule has 4 rings (SSSR count). The maximum absolute atomic E-state index is 13.5. The van der Waals surface area contributed by atoms with Crippen molar-refractivity contribution in [3.05, 3.63) is 58.2 Å². The lowest BCUT2D eigenvalue weighted by Gasteiger charge is -2.45. The monoisotopic (exact) mass is 455 g/mol. The molecule has 0 spiro atoms. The third-order valence-corrected chi connectivity index (χ3v) is 6.76. The zero-order valence-corrected chi connectivity index (χ0v) is 18.2. The molecule has 2 heterocycles. The van der Waals surface area contributed by atoms with Crippen molar-refractivity contribution in [2.75, 3.05) is 18.4 Å². The van der Waals surface area contributed by atoms with Crippen LogP contribution in [0.1, 0.15) is 43.4 Å². The van der Waals surface area contributed by atoms with Crippen LogP contribution in [0.15, 0.2) is 46.9 Å². The Labute approximate surface area is 180 Å². The molecule has 2 fully saturated rings. The van der Waals surface area contributed by atoms with Gasteiger partial charge >= 0.3 is 0 Å². The van der Waals surface area contributed by atoms with Crippen LogP contribution in [0.4, 0.5) is 5.82 Å². The lowest BCUT2D eigenvalue weighted by molar-refractivity contribution is -0.143. The minimum absolute atomic E-state index is 0.0492. The predicted molar refractivity (Wildman–Crippen MR) is 117 cm³/mol. The summed E-state index contributed by atoms with van der Waals surface area (Å²) in [5.74, 6) is 0.505. The molecule has 1 unspecified atom stereocenters. The summed E-state index contributed by atoms with van der Waals surface area (Å²) in [6, 6.07) is 13.7. The number of rotatable bonds is 4.